The van der Waals surface area contributed by atoms with Gasteiger partial charge in [-0.25, -0.2) is 5.06 Å². The summed E-state index contributed by atoms with van der Waals surface area (Å²) in [6, 6.07) is 26.1. The lowest BCUT2D eigenvalue weighted by molar-refractivity contribution is 0.302. The number of nitrogens with zero attached hydrogens (tertiary/aromatic N) is 1. The standard InChI is InChI=1S/C25H19NO2/c27-26-22-14-5-7-16-24(22)28-23-15-6-4-13-21(23)25(26)20-12-8-11-19(17-20)18-9-2-1-3-10-18/h1-12,14-17,27H,13H2. The van der Waals surface area contributed by atoms with Crippen LogP contribution in [-0.2, 0) is 0 Å². The van der Waals surface area contributed by atoms with Gasteiger partial charge in [0, 0.05) is 11.1 Å². The lowest BCUT2D eigenvalue weighted by atomic mass is 9.96. The molecule has 0 spiro atoms. The van der Waals surface area contributed by atoms with E-state index in [1.165, 1.54) is 5.06 Å². The molecule has 2 aliphatic rings. The molecule has 28 heavy (non-hydrogen) atoms. The normalized spacial score (nSPS) is 15.3. The van der Waals surface area contributed by atoms with Crippen molar-refractivity contribution >= 4 is 11.4 Å². The molecule has 3 aromatic rings. The molecule has 0 saturated carbocycles. The number of hydroxylamine groups is 1. The number of hydrogen-bond acceptors (Lipinski definition) is 3. The fourth-order valence-electron chi connectivity index (χ4n) is 3.71. The number of anilines is 1. The molecule has 1 aliphatic carbocycles. The molecule has 0 amide bonds. The number of ether oxygens (including phenoxy) is 1. The van der Waals surface area contributed by atoms with E-state index in [0.717, 1.165) is 33.7 Å². The van der Waals surface area contributed by atoms with E-state index in [1.54, 1.807) is 0 Å². The minimum Gasteiger partial charge on any atom is -0.455 e. The number of benzene rings is 3. The fourth-order valence-corrected chi connectivity index (χ4v) is 3.71. The molecule has 5 rings (SSSR count). The van der Waals surface area contributed by atoms with Crippen LogP contribution in [0.5, 0.6) is 5.75 Å². The molecule has 3 heteroatoms. The molecule has 1 N–H and O–H groups in total. The van der Waals surface area contributed by atoms with Crippen LogP contribution in [0.4, 0.5) is 5.69 Å². The monoisotopic (exact) mass is 365 g/mol. The summed E-state index contributed by atoms with van der Waals surface area (Å²) in [5.41, 5.74) is 5.54. The molecule has 136 valence electrons. The largest absolute Gasteiger partial charge is 0.455 e. The van der Waals surface area contributed by atoms with Crippen LogP contribution in [-0.4, -0.2) is 5.21 Å². The lowest BCUT2D eigenvalue weighted by Gasteiger charge is -2.22. The van der Waals surface area contributed by atoms with Crippen LogP contribution in [0.25, 0.3) is 16.8 Å². The van der Waals surface area contributed by atoms with Gasteiger partial charge in [-0.2, -0.15) is 0 Å². The first-order chi connectivity index (χ1) is 13.8. The quantitative estimate of drug-likeness (QED) is 0.587. The molecule has 0 fully saturated rings. The fraction of sp³-hybridized carbons (Fsp3) is 0.0400. The van der Waals surface area contributed by atoms with Crippen LogP contribution in [0.15, 0.2) is 108 Å². The second kappa shape index (κ2) is 6.87. The minimum absolute atomic E-state index is 0.630. The molecular weight excluding hydrogens is 346 g/mol. The summed E-state index contributed by atoms with van der Waals surface area (Å²) in [7, 11) is 0. The first-order valence-corrected chi connectivity index (χ1v) is 9.33. The van der Waals surface area contributed by atoms with Crippen molar-refractivity contribution in [2.75, 3.05) is 5.06 Å². The van der Waals surface area contributed by atoms with Gasteiger partial charge in [0.15, 0.2) is 5.75 Å². The zero-order valence-corrected chi connectivity index (χ0v) is 15.2. The second-order valence-corrected chi connectivity index (χ2v) is 6.82. The minimum atomic E-state index is 0.630. The van der Waals surface area contributed by atoms with Crippen molar-refractivity contribution in [1.29, 1.82) is 0 Å². The Labute approximate surface area is 164 Å². The summed E-state index contributed by atoms with van der Waals surface area (Å²) >= 11 is 0. The molecule has 3 nitrogen and oxygen atoms in total. The van der Waals surface area contributed by atoms with Gasteiger partial charge < -0.3 is 4.74 Å². The van der Waals surface area contributed by atoms with E-state index in [4.69, 9.17) is 4.74 Å². The molecule has 0 saturated heterocycles. The van der Waals surface area contributed by atoms with Crippen LogP contribution in [0.2, 0.25) is 0 Å². The first-order valence-electron chi connectivity index (χ1n) is 9.33. The van der Waals surface area contributed by atoms with Gasteiger partial charge in [0.05, 0.1) is 5.70 Å². The number of fused-ring (bicyclic) bond motifs is 2. The van der Waals surface area contributed by atoms with Crippen LogP contribution < -0.4 is 9.80 Å². The van der Waals surface area contributed by atoms with Crippen molar-refractivity contribution in [2.24, 2.45) is 0 Å². The highest BCUT2D eigenvalue weighted by atomic mass is 16.5. The Morgan fingerprint density at radius 3 is 2.43 bits per heavy atom. The predicted octanol–water partition coefficient (Wildman–Crippen LogP) is 6.20. The number of hydrogen-bond donors (Lipinski definition) is 1. The van der Waals surface area contributed by atoms with Crippen LogP contribution in [0.1, 0.15) is 12.0 Å². The average molecular weight is 365 g/mol. The van der Waals surface area contributed by atoms with Crippen LogP contribution >= 0.6 is 0 Å². The Hall–Kier alpha value is -3.56. The van der Waals surface area contributed by atoms with Crippen molar-refractivity contribution in [3.05, 3.63) is 114 Å². The predicted molar refractivity (Wildman–Crippen MR) is 112 cm³/mol. The van der Waals surface area contributed by atoms with E-state index in [1.807, 2.05) is 66.7 Å². The molecule has 0 radical (unpaired) electrons. The Morgan fingerprint density at radius 2 is 1.54 bits per heavy atom. The molecule has 0 unspecified atom stereocenters. The summed E-state index contributed by atoms with van der Waals surface area (Å²) in [5, 5.41) is 12.5. The van der Waals surface area contributed by atoms with E-state index >= 15 is 0 Å². The topological polar surface area (TPSA) is 32.7 Å². The highest BCUT2D eigenvalue weighted by Crippen LogP contribution is 2.42. The average Bonchev–Trinajstić information content (AvgIpc) is 2.88. The van der Waals surface area contributed by atoms with Crippen molar-refractivity contribution < 1.29 is 9.94 Å². The van der Waals surface area contributed by atoms with Gasteiger partial charge in [-0.1, -0.05) is 72.8 Å². The summed E-state index contributed by atoms with van der Waals surface area (Å²) in [4.78, 5) is 0. The van der Waals surface area contributed by atoms with Crippen LogP contribution in [0, 0.1) is 0 Å². The second-order valence-electron chi connectivity index (χ2n) is 6.82. The molecule has 0 bridgehead atoms. The summed E-state index contributed by atoms with van der Waals surface area (Å²) < 4.78 is 6.15. The van der Waals surface area contributed by atoms with Gasteiger partial charge in [-0.05, 0) is 41.8 Å². The number of allylic oxidation sites excluding steroid dienone is 4. The van der Waals surface area contributed by atoms with Crippen molar-refractivity contribution in [2.45, 2.75) is 6.42 Å². The van der Waals surface area contributed by atoms with E-state index in [2.05, 4.69) is 30.3 Å². The molecule has 1 aliphatic heterocycles. The smallest absolute Gasteiger partial charge is 0.153 e. The summed E-state index contributed by atoms with van der Waals surface area (Å²) in [6.45, 7) is 0. The third-order valence-electron chi connectivity index (χ3n) is 5.06. The van der Waals surface area contributed by atoms with Crippen molar-refractivity contribution in [1.82, 2.24) is 0 Å². The van der Waals surface area contributed by atoms with E-state index in [-0.39, 0.29) is 0 Å². The Bertz CT molecular complexity index is 1130. The number of para-hydroxylation sites is 2. The Balaban J connectivity index is 1.70. The van der Waals surface area contributed by atoms with Gasteiger partial charge >= 0.3 is 0 Å². The molecule has 0 aromatic heterocycles. The molecular formula is C25H19NO2. The third-order valence-corrected chi connectivity index (χ3v) is 5.06. The Kier molecular flexibility index (Phi) is 4.08. The first kappa shape index (κ1) is 16.6. The lowest BCUT2D eigenvalue weighted by Crippen LogP contribution is -2.17. The van der Waals surface area contributed by atoms with E-state index in [0.29, 0.717) is 17.9 Å². The van der Waals surface area contributed by atoms with Gasteiger partial charge in [0.2, 0.25) is 0 Å². The van der Waals surface area contributed by atoms with Gasteiger partial charge in [0.25, 0.3) is 0 Å². The van der Waals surface area contributed by atoms with E-state index < -0.39 is 0 Å². The molecule has 3 aromatic carbocycles. The highest BCUT2D eigenvalue weighted by Gasteiger charge is 2.27. The zero-order chi connectivity index (χ0) is 18.9. The third kappa shape index (κ3) is 2.82. The highest BCUT2D eigenvalue weighted by molar-refractivity contribution is 5.86. The van der Waals surface area contributed by atoms with Crippen molar-refractivity contribution in [3.63, 3.8) is 0 Å². The van der Waals surface area contributed by atoms with Gasteiger partial charge in [-0.15, -0.1) is 0 Å². The molecule has 1 heterocycles. The van der Waals surface area contributed by atoms with Crippen LogP contribution in [0.3, 0.4) is 0 Å². The summed E-state index contributed by atoms with van der Waals surface area (Å²) in [5.74, 6) is 1.41. The van der Waals surface area contributed by atoms with E-state index in [9.17, 15) is 5.21 Å². The zero-order valence-electron chi connectivity index (χ0n) is 15.2. The Morgan fingerprint density at radius 1 is 0.786 bits per heavy atom. The molecule has 0 atom stereocenters. The SMILES string of the molecule is ON1C(c2cccc(-c3ccccc3)c2)=C2CC=CC=C2Oc2ccccc21. The maximum atomic E-state index is 11.2. The van der Waals surface area contributed by atoms with Gasteiger partial charge in [0.1, 0.15) is 11.4 Å². The maximum Gasteiger partial charge on any atom is 0.153 e. The maximum absolute atomic E-state index is 11.2. The summed E-state index contributed by atoms with van der Waals surface area (Å²) in [6.07, 6.45) is 6.72. The van der Waals surface area contributed by atoms with Crippen molar-refractivity contribution in [3.8, 4) is 16.9 Å². The number of rotatable bonds is 2. The van der Waals surface area contributed by atoms with Gasteiger partial charge in [-0.3, -0.25) is 5.21 Å².